The molecular weight excluding hydrogens is 258 g/mol. The van der Waals surface area contributed by atoms with Crippen LogP contribution < -0.4 is 0 Å². The summed E-state index contributed by atoms with van der Waals surface area (Å²) in [4.78, 5) is 2.33. The van der Waals surface area contributed by atoms with Crippen LogP contribution in [0.4, 0.5) is 0 Å². The largest absolute Gasteiger partial charge is 0.395 e. The summed E-state index contributed by atoms with van der Waals surface area (Å²) in [5.74, 6) is 7.64. The van der Waals surface area contributed by atoms with Crippen molar-refractivity contribution in [2.75, 3.05) is 31.2 Å². The summed E-state index contributed by atoms with van der Waals surface area (Å²) in [5, 5.41) is 8.76. The van der Waals surface area contributed by atoms with E-state index in [9.17, 15) is 4.21 Å². The summed E-state index contributed by atoms with van der Waals surface area (Å²) in [6.45, 7) is 2.75. The van der Waals surface area contributed by atoms with E-state index in [0.29, 0.717) is 6.42 Å². The van der Waals surface area contributed by atoms with E-state index in [4.69, 9.17) is 5.11 Å². The van der Waals surface area contributed by atoms with E-state index in [0.717, 1.165) is 36.7 Å². The number of hydrogen-bond donors (Lipinski definition) is 1. The Balaban J connectivity index is 2.04. The topological polar surface area (TPSA) is 40.5 Å². The molecule has 1 fully saturated rings. The molecule has 4 heteroatoms. The third-order valence-corrected chi connectivity index (χ3v) is 4.42. The third kappa shape index (κ3) is 4.46. The second-order valence-corrected chi connectivity index (χ2v) is 6.25. The highest BCUT2D eigenvalue weighted by molar-refractivity contribution is 7.85. The molecule has 0 unspecified atom stereocenters. The number of rotatable bonds is 3. The molecule has 0 amide bonds. The lowest BCUT2D eigenvalue weighted by atomic mass is 10.1. The Labute approximate surface area is 117 Å². The zero-order valence-electron chi connectivity index (χ0n) is 11.0. The summed E-state index contributed by atoms with van der Waals surface area (Å²) >= 11 is 0. The highest BCUT2D eigenvalue weighted by Crippen LogP contribution is 2.12. The maximum Gasteiger partial charge on any atom is 0.0540 e. The van der Waals surface area contributed by atoms with Gasteiger partial charge in [-0.15, -0.1) is 0 Å². The van der Waals surface area contributed by atoms with Crippen molar-refractivity contribution in [1.29, 1.82) is 0 Å². The molecule has 0 saturated carbocycles. The molecule has 0 aliphatic carbocycles. The van der Waals surface area contributed by atoms with Crippen molar-refractivity contribution in [2.45, 2.75) is 13.0 Å². The first-order valence-corrected chi connectivity index (χ1v) is 8.03. The van der Waals surface area contributed by atoms with Crippen molar-refractivity contribution in [3.63, 3.8) is 0 Å². The van der Waals surface area contributed by atoms with Crippen LogP contribution in [-0.2, 0) is 17.3 Å². The summed E-state index contributed by atoms with van der Waals surface area (Å²) in [6, 6.07) is 8.11. The first-order chi connectivity index (χ1) is 9.29. The fraction of sp³-hybridized carbons (Fsp3) is 0.467. The number of benzene rings is 1. The second kappa shape index (κ2) is 7.44. The third-order valence-electron chi connectivity index (χ3n) is 3.14. The first kappa shape index (κ1) is 14.3. The van der Waals surface area contributed by atoms with E-state index in [2.05, 4.69) is 22.8 Å². The standard InChI is InChI=1S/C15H19NO2S/c17-10-4-3-6-14-5-1-2-7-15(14)13-16-8-11-19(18)12-9-16/h1-2,5,7,17H,4,8-13H2. The van der Waals surface area contributed by atoms with E-state index in [1.165, 1.54) is 5.56 Å². The number of nitrogens with zero attached hydrogens (tertiary/aromatic N) is 1. The average Bonchev–Trinajstić information content (AvgIpc) is 2.43. The number of aliphatic hydroxyl groups excluding tert-OH is 1. The van der Waals surface area contributed by atoms with Crippen molar-refractivity contribution in [1.82, 2.24) is 4.90 Å². The molecule has 1 saturated heterocycles. The molecule has 1 aromatic carbocycles. The molecule has 2 rings (SSSR count). The zero-order valence-corrected chi connectivity index (χ0v) is 11.8. The molecule has 1 heterocycles. The van der Waals surface area contributed by atoms with Crippen LogP contribution in [0.1, 0.15) is 17.5 Å². The molecule has 0 radical (unpaired) electrons. The van der Waals surface area contributed by atoms with Gasteiger partial charge >= 0.3 is 0 Å². The predicted octanol–water partition coefficient (Wildman–Crippen LogP) is 0.985. The van der Waals surface area contributed by atoms with Crippen molar-refractivity contribution < 1.29 is 9.32 Å². The van der Waals surface area contributed by atoms with E-state index < -0.39 is 10.8 Å². The van der Waals surface area contributed by atoms with Crippen molar-refractivity contribution >= 4 is 10.8 Å². The molecule has 1 aliphatic rings. The maximum absolute atomic E-state index is 11.3. The van der Waals surface area contributed by atoms with Crippen molar-refractivity contribution in [3.05, 3.63) is 35.4 Å². The van der Waals surface area contributed by atoms with Crippen LogP contribution in [0.2, 0.25) is 0 Å². The van der Waals surface area contributed by atoms with Crippen molar-refractivity contribution in [3.8, 4) is 11.8 Å². The minimum Gasteiger partial charge on any atom is -0.395 e. The molecule has 0 spiro atoms. The van der Waals surface area contributed by atoms with E-state index in [-0.39, 0.29) is 6.61 Å². The number of aliphatic hydroxyl groups is 1. The first-order valence-electron chi connectivity index (χ1n) is 6.54. The predicted molar refractivity (Wildman–Crippen MR) is 78.2 cm³/mol. The SMILES string of the molecule is O=S1CCN(Cc2ccccc2C#CCCO)CC1. The van der Waals surface area contributed by atoms with Gasteiger partial charge in [-0.25, -0.2) is 0 Å². The lowest BCUT2D eigenvalue weighted by molar-refractivity contribution is 0.291. The molecule has 1 N–H and O–H groups in total. The lowest BCUT2D eigenvalue weighted by Crippen LogP contribution is -2.37. The van der Waals surface area contributed by atoms with Gasteiger partial charge in [0.25, 0.3) is 0 Å². The van der Waals surface area contributed by atoms with Gasteiger partial charge in [0, 0.05) is 53.9 Å². The van der Waals surface area contributed by atoms with Crippen LogP contribution in [0.5, 0.6) is 0 Å². The zero-order chi connectivity index (χ0) is 13.5. The Morgan fingerprint density at radius 1 is 1.26 bits per heavy atom. The van der Waals surface area contributed by atoms with Crippen LogP contribution in [0.25, 0.3) is 0 Å². The van der Waals surface area contributed by atoms with Crippen LogP contribution in [-0.4, -0.2) is 45.4 Å². The smallest absolute Gasteiger partial charge is 0.0540 e. The molecule has 0 bridgehead atoms. The van der Waals surface area contributed by atoms with Gasteiger partial charge in [0.15, 0.2) is 0 Å². The lowest BCUT2D eigenvalue weighted by Gasteiger charge is -2.26. The Kier molecular flexibility index (Phi) is 5.59. The van der Waals surface area contributed by atoms with Gasteiger partial charge < -0.3 is 5.11 Å². The normalized spacial score (nSPS) is 16.9. The Morgan fingerprint density at radius 3 is 2.74 bits per heavy atom. The van der Waals surface area contributed by atoms with Crippen LogP contribution in [0.15, 0.2) is 24.3 Å². The monoisotopic (exact) mass is 277 g/mol. The quantitative estimate of drug-likeness (QED) is 0.838. The minimum atomic E-state index is -0.628. The van der Waals surface area contributed by atoms with Crippen molar-refractivity contribution in [2.24, 2.45) is 0 Å². The average molecular weight is 277 g/mol. The summed E-state index contributed by atoms with van der Waals surface area (Å²) in [6.07, 6.45) is 0.511. The Hall–Kier alpha value is -1.15. The highest BCUT2D eigenvalue weighted by Gasteiger charge is 2.15. The van der Waals surface area contributed by atoms with Gasteiger partial charge in [-0.1, -0.05) is 30.0 Å². The van der Waals surface area contributed by atoms with E-state index >= 15 is 0 Å². The molecule has 102 valence electrons. The van der Waals surface area contributed by atoms with Gasteiger partial charge in [0.1, 0.15) is 0 Å². The molecule has 0 aromatic heterocycles. The van der Waals surface area contributed by atoms with E-state index in [1.807, 2.05) is 18.2 Å². The molecule has 1 aliphatic heterocycles. The fourth-order valence-corrected chi connectivity index (χ4v) is 3.20. The molecule has 3 nitrogen and oxygen atoms in total. The molecule has 1 aromatic rings. The van der Waals surface area contributed by atoms with Gasteiger partial charge in [-0.2, -0.15) is 0 Å². The minimum absolute atomic E-state index is 0.104. The van der Waals surface area contributed by atoms with Crippen LogP contribution in [0, 0.1) is 11.8 Å². The van der Waals surface area contributed by atoms with Gasteiger partial charge in [-0.05, 0) is 11.6 Å². The summed E-state index contributed by atoms with van der Waals surface area (Å²) in [7, 11) is -0.628. The van der Waals surface area contributed by atoms with Crippen LogP contribution in [0.3, 0.4) is 0 Å². The summed E-state index contributed by atoms with van der Waals surface area (Å²) in [5.41, 5.74) is 2.24. The Bertz CT molecular complexity index is 494. The highest BCUT2D eigenvalue weighted by atomic mass is 32.2. The second-order valence-electron chi connectivity index (χ2n) is 4.56. The maximum atomic E-state index is 11.3. The van der Waals surface area contributed by atoms with Gasteiger partial charge in [-0.3, -0.25) is 9.11 Å². The number of hydrogen-bond acceptors (Lipinski definition) is 3. The van der Waals surface area contributed by atoms with E-state index in [1.54, 1.807) is 0 Å². The van der Waals surface area contributed by atoms with Gasteiger partial charge in [0.05, 0.1) is 6.61 Å². The van der Waals surface area contributed by atoms with Crippen LogP contribution >= 0.6 is 0 Å². The summed E-state index contributed by atoms with van der Waals surface area (Å²) < 4.78 is 11.3. The fourth-order valence-electron chi connectivity index (χ4n) is 2.07. The Morgan fingerprint density at radius 2 is 2.00 bits per heavy atom. The molecular formula is C15H19NO2S. The molecule has 19 heavy (non-hydrogen) atoms. The van der Waals surface area contributed by atoms with Gasteiger partial charge in [0.2, 0.25) is 0 Å². The molecule has 0 atom stereocenters.